The van der Waals surface area contributed by atoms with Gasteiger partial charge in [-0.1, -0.05) is 25.9 Å². The normalized spacial score (nSPS) is 23.1. The first-order chi connectivity index (χ1) is 9.44. The Morgan fingerprint density at radius 1 is 1.45 bits per heavy atom. The molecule has 0 radical (unpaired) electrons. The van der Waals surface area contributed by atoms with E-state index in [4.69, 9.17) is 10.9 Å². The van der Waals surface area contributed by atoms with Crippen molar-refractivity contribution in [1.82, 2.24) is 9.80 Å². The highest BCUT2D eigenvalue weighted by Crippen LogP contribution is 2.27. The summed E-state index contributed by atoms with van der Waals surface area (Å²) in [4.78, 5) is 16.9. The molecular weight excluding hydrogens is 256 g/mol. The van der Waals surface area contributed by atoms with E-state index in [1.165, 1.54) is 0 Å². The van der Waals surface area contributed by atoms with E-state index in [0.717, 1.165) is 32.6 Å². The molecule has 0 aromatic carbocycles. The van der Waals surface area contributed by atoms with Crippen LogP contribution in [0.2, 0.25) is 0 Å². The van der Waals surface area contributed by atoms with Crippen molar-refractivity contribution in [2.75, 3.05) is 26.2 Å². The van der Waals surface area contributed by atoms with E-state index >= 15 is 0 Å². The number of rotatable bonds is 6. The third-order valence-corrected chi connectivity index (χ3v) is 4.63. The number of oxime groups is 1. The molecule has 0 saturated carbocycles. The third-order valence-electron chi connectivity index (χ3n) is 4.63. The van der Waals surface area contributed by atoms with Crippen molar-refractivity contribution in [3.8, 4) is 0 Å². The fraction of sp³-hybridized carbons (Fsp3) is 0.857. The maximum atomic E-state index is 12.7. The van der Waals surface area contributed by atoms with Gasteiger partial charge in [0.25, 0.3) is 0 Å². The lowest BCUT2D eigenvalue weighted by molar-refractivity contribution is -0.137. The molecule has 1 rings (SSSR count). The summed E-state index contributed by atoms with van der Waals surface area (Å²) in [7, 11) is 0. The first kappa shape index (κ1) is 16.8. The van der Waals surface area contributed by atoms with Crippen LogP contribution in [0.4, 0.5) is 0 Å². The summed E-state index contributed by atoms with van der Waals surface area (Å²) < 4.78 is 0. The minimum atomic E-state index is -0.910. The van der Waals surface area contributed by atoms with Gasteiger partial charge in [0.15, 0.2) is 5.84 Å². The van der Waals surface area contributed by atoms with Gasteiger partial charge < -0.3 is 15.8 Å². The second-order valence-corrected chi connectivity index (χ2v) is 5.59. The molecule has 6 heteroatoms. The molecule has 1 aliphatic rings. The van der Waals surface area contributed by atoms with E-state index in [1.807, 2.05) is 11.8 Å². The molecule has 0 spiro atoms. The third kappa shape index (κ3) is 3.06. The Labute approximate surface area is 121 Å². The number of carbonyl (C=O) groups is 1. The highest BCUT2D eigenvalue weighted by molar-refractivity contribution is 6.06. The van der Waals surface area contributed by atoms with E-state index < -0.39 is 5.41 Å². The fourth-order valence-electron chi connectivity index (χ4n) is 2.87. The Morgan fingerprint density at radius 3 is 2.50 bits per heavy atom. The molecule has 0 aliphatic carbocycles. The lowest BCUT2D eigenvalue weighted by atomic mass is 9.84. The smallest absolute Gasteiger partial charge is 0.236 e. The minimum Gasteiger partial charge on any atom is -0.409 e. The summed E-state index contributed by atoms with van der Waals surface area (Å²) in [6.45, 7) is 11.4. The molecule has 116 valence electrons. The second kappa shape index (κ2) is 6.92. The summed E-state index contributed by atoms with van der Waals surface area (Å²) in [5.41, 5.74) is 4.81. The Hall–Kier alpha value is -1.30. The van der Waals surface area contributed by atoms with Crippen molar-refractivity contribution >= 4 is 11.7 Å². The lowest BCUT2D eigenvalue weighted by Crippen LogP contribution is -2.49. The molecule has 1 fully saturated rings. The molecule has 0 aromatic rings. The first-order valence-corrected chi connectivity index (χ1v) is 7.45. The van der Waals surface area contributed by atoms with Crippen LogP contribution in [-0.4, -0.2) is 59.0 Å². The van der Waals surface area contributed by atoms with Crippen molar-refractivity contribution in [1.29, 1.82) is 0 Å². The number of carbonyl (C=O) groups excluding carboxylic acids is 1. The fourth-order valence-corrected chi connectivity index (χ4v) is 2.87. The van der Waals surface area contributed by atoms with Crippen LogP contribution in [0.15, 0.2) is 5.16 Å². The van der Waals surface area contributed by atoms with Gasteiger partial charge in [-0.05, 0) is 32.9 Å². The van der Waals surface area contributed by atoms with Crippen molar-refractivity contribution in [3.05, 3.63) is 0 Å². The van der Waals surface area contributed by atoms with Crippen LogP contribution in [-0.2, 0) is 4.79 Å². The summed E-state index contributed by atoms with van der Waals surface area (Å²) in [6.07, 6.45) is 1.51. The monoisotopic (exact) mass is 284 g/mol. The van der Waals surface area contributed by atoms with Gasteiger partial charge in [0.2, 0.25) is 5.91 Å². The maximum absolute atomic E-state index is 12.7. The van der Waals surface area contributed by atoms with E-state index in [0.29, 0.717) is 12.5 Å². The van der Waals surface area contributed by atoms with Gasteiger partial charge in [0.1, 0.15) is 5.41 Å². The van der Waals surface area contributed by atoms with Crippen molar-refractivity contribution in [2.24, 2.45) is 16.3 Å². The van der Waals surface area contributed by atoms with Crippen molar-refractivity contribution < 1.29 is 10.0 Å². The number of hydrogen-bond acceptors (Lipinski definition) is 4. The molecule has 2 unspecified atom stereocenters. The van der Waals surface area contributed by atoms with Crippen LogP contribution in [0.3, 0.4) is 0 Å². The minimum absolute atomic E-state index is 0.00344. The topological polar surface area (TPSA) is 82.2 Å². The van der Waals surface area contributed by atoms with Crippen molar-refractivity contribution in [2.45, 2.75) is 46.6 Å². The number of nitrogens with zero attached hydrogens (tertiary/aromatic N) is 3. The largest absolute Gasteiger partial charge is 0.409 e. The summed E-state index contributed by atoms with van der Waals surface area (Å²) >= 11 is 0. The highest BCUT2D eigenvalue weighted by Gasteiger charge is 2.42. The van der Waals surface area contributed by atoms with E-state index in [9.17, 15) is 4.79 Å². The number of amides is 1. The Kier molecular flexibility index (Phi) is 5.80. The number of nitrogens with two attached hydrogens (primary N) is 1. The standard InChI is InChI=1S/C14H28N4O2/c1-5-14(4,12(15)16-20)13(19)18-9-8-11(10-18)17(6-2)7-3/h11,20H,5-10H2,1-4H3,(H2,15,16). The molecule has 1 heterocycles. The quantitative estimate of drug-likeness (QED) is 0.331. The lowest BCUT2D eigenvalue weighted by Gasteiger charge is -2.31. The number of hydrogen-bond donors (Lipinski definition) is 2. The zero-order valence-corrected chi connectivity index (χ0v) is 13.1. The van der Waals surface area contributed by atoms with E-state index in [2.05, 4.69) is 23.9 Å². The average Bonchev–Trinajstić information content (AvgIpc) is 2.95. The maximum Gasteiger partial charge on any atom is 0.236 e. The number of likely N-dealkylation sites (tertiary alicyclic amines) is 1. The molecular formula is C14H28N4O2. The molecule has 2 atom stereocenters. The van der Waals surface area contributed by atoms with Crippen LogP contribution in [0.5, 0.6) is 0 Å². The van der Waals surface area contributed by atoms with Crippen LogP contribution in [0, 0.1) is 5.41 Å². The van der Waals surface area contributed by atoms with Gasteiger partial charge in [-0.15, -0.1) is 0 Å². The molecule has 0 aromatic heterocycles. The van der Waals surface area contributed by atoms with Gasteiger partial charge >= 0.3 is 0 Å². The zero-order valence-electron chi connectivity index (χ0n) is 13.1. The Bertz CT molecular complexity index is 368. The summed E-state index contributed by atoms with van der Waals surface area (Å²) in [6, 6.07) is 0.419. The Balaban J connectivity index is 2.79. The van der Waals surface area contributed by atoms with Crippen LogP contribution in [0.1, 0.15) is 40.5 Å². The molecule has 1 amide bonds. The summed E-state index contributed by atoms with van der Waals surface area (Å²) in [5, 5.41) is 11.9. The molecule has 0 bridgehead atoms. The van der Waals surface area contributed by atoms with E-state index in [1.54, 1.807) is 6.92 Å². The van der Waals surface area contributed by atoms with Crippen molar-refractivity contribution in [3.63, 3.8) is 0 Å². The summed E-state index contributed by atoms with van der Waals surface area (Å²) in [5.74, 6) is -0.0405. The molecule has 1 aliphatic heterocycles. The molecule has 1 saturated heterocycles. The average molecular weight is 284 g/mol. The van der Waals surface area contributed by atoms with Crippen LogP contribution >= 0.6 is 0 Å². The predicted octanol–water partition coefficient (Wildman–Crippen LogP) is 1.09. The second-order valence-electron chi connectivity index (χ2n) is 5.59. The van der Waals surface area contributed by atoms with Crippen LogP contribution in [0.25, 0.3) is 0 Å². The van der Waals surface area contributed by atoms with Crippen LogP contribution < -0.4 is 5.73 Å². The molecule has 6 nitrogen and oxygen atoms in total. The first-order valence-electron chi connectivity index (χ1n) is 7.45. The number of amidine groups is 1. The highest BCUT2D eigenvalue weighted by atomic mass is 16.4. The van der Waals surface area contributed by atoms with Gasteiger partial charge in [-0.2, -0.15) is 0 Å². The van der Waals surface area contributed by atoms with Gasteiger partial charge in [0, 0.05) is 19.1 Å². The van der Waals surface area contributed by atoms with Gasteiger partial charge in [0.05, 0.1) is 0 Å². The Morgan fingerprint density at radius 2 is 2.05 bits per heavy atom. The molecule has 20 heavy (non-hydrogen) atoms. The molecule has 3 N–H and O–H groups in total. The number of likely N-dealkylation sites (N-methyl/N-ethyl adjacent to an activating group) is 1. The van der Waals surface area contributed by atoms with Gasteiger partial charge in [-0.25, -0.2) is 0 Å². The zero-order chi connectivity index (χ0) is 15.3. The van der Waals surface area contributed by atoms with Gasteiger partial charge in [-0.3, -0.25) is 9.69 Å². The SMILES string of the molecule is CCN(CC)C1CCN(C(=O)C(C)(CC)C(N)=NO)C1. The van der Waals surface area contributed by atoms with E-state index in [-0.39, 0.29) is 11.7 Å². The predicted molar refractivity (Wildman–Crippen MR) is 79.7 cm³/mol.